The van der Waals surface area contributed by atoms with E-state index in [1.54, 1.807) is 0 Å². The van der Waals surface area contributed by atoms with Crippen LogP contribution >= 0.6 is 0 Å². The van der Waals surface area contributed by atoms with Gasteiger partial charge in [-0.05, 0) is 25.2 Å². The van der Waals surface area contributed by atoms with Gasteiger partial charge in [-0.15, -0.1) is 0 Å². The van der Waals surface area contributed by atoms with Crippen molar-refractivity contribution < 1.29 is 0 Å². The average Bonchev–Trinajstić information content (AvgIpc) is 2.37. The Morgan fingerprint density at radius 2 is 2.00 bits per heavy atom. The number of nitrogens with zero attached hydrogens (tertiary/aromatic N) is 1. The van der Waals surface area contributed by atoms with Crippen LogP contribution in [-0.2, 0) is 0 Å². The van der Waals surface area contributed by atoms with Crippen LogP contribution in [0.15, 0.2) is 41.4 Å². The Hall–Kier alpha value is -1.11. The first kappa shape index (κ1) is 14.9. The molecule has 0 aromatic carbocycles. The van der Waals surface area contributed by atoms with Crippen LogP contribution in [0.4, 0.5) is 0 Å². The summed E-state index contributed by atoms with van der Waals surface area (Å²) < 4.78 is 0. The van der Waals surface area contributed by atoms with Gasteiger partial charge < -0.3 is 0 Å². The molecule has 0 N–H and O–H groups in total. The highest BCUT2D eigenvalue weighted by molar-refractivity contribution is 5.86. The second kappa shape index (κ2) is 7.35. The monoisotopic (exact) mass is 245 g/mol. The minimum absolute atomic E-state index is 0.361. The van der Waals surface area contributed by atoms with Crippen LogP contribution in [-0.4, -0.2) is 11.8 Å². The number of hydrogen-bond donors (Lipinski definition) is 0. The number of allylic oxidation sites excluding steroid dienone is 2. The molecule has 1 rings (SSSR count). The van der Waals surface area contributed by atoms with Gasteiger partial charge in [-0.3, -0.25) is 4.99 Å². The van der Waals surface area contributed by atoms with Crippen molar-refractivity contribution in [1.29, 1.82) is 0 Å². The molecule has 1 aliphatic rings. The maximum atomic E-state index is 4.96. The highest BCUT2D eigenvalue weighted by atomic mass is 14.8. The van der Waals surface area contributed by atoms with Crippen molar-refractivity contribution in [3.63, 3.8) is 0 Å². The molecule has 1 nitrogen and oxygen atoms in total. The van der Waals surface area contributed by atoms with E-state index in [2.05, 4.69) is 52.5 Å². The molecule has 0 spiro atoms. The van der Waals surface area contributed by atoms with Crippen LogP contribution < -0.4 is 0 Å². The van der Waals surface area contributed by atoms with Gasteiger partial charge in [-0.1, -0.05) is 64.2 Å². The first-order chi connectivity index (χ1) is 8.67. The quantitative estimate of drug-likeness (QED) is 0.341. The van der Waals surface area contributed by atoms with Crippen molar-refractivity contribution in [2.45, 2.75) is 53.0 Å². The van der Waals surface area contributed by atoms with E-state index in [1.165, 1.54) is 17.7 Å². The van der Waals surface area contributed by atoms with Gasteiger partial charge in [0, 0.05) is 11.6 Å². The maximum absolute atomic E-state index is 4.96. The van der Waals surface area contributed by atoms with Crippen LogP contribution in [0.25, 0.3) is 0 Å². The van der Waals surface area contributed by atoms with Crippen molar-refractivity contribution in [3.8, 4) is 0 Å². The summed E-state index contributed by atoms with van der Waals surface area (Å²) in [5.41, 5.74) is 2.81. The zero-order valence-corrected chi connectivity index (χ0v) is 12.3. The Morgan fingerprint density at radius 3 is 2.39 bits per heavy atom. The molecular weight excluding hydrogens is 218 g/mol. The molecule has 0 amide bonds. The Labute approximate surface area is 112 Å². The lowest BCUT2D eigenvalue weighted by Crippen LogP contribution is -2.27. The first-order valence-electron chi connectivity index (χ1n) is 7.24. The van der Waals surface area contributed by atoms with E-state index in [0.29, 0.717) is 17.9 Å². The van der Waals surface area contributed by atoms with E-state index in [-0.39, 0.29) is 0 Å². The summed E-state index contributed by atoms with van der Waals surface area (Å²) in [6, 6.07) is 0.361. The van der Waals surface area contributed by atoms with Gasteiger partial charge >= 0.3 is 0 Å². The van der Waals surface area contributed by atoms with Crippen LogP contribution in [0, 0.1) is 11.8 Å². The molecule has 0 aliphatic heterocycles. The fourth-order valence-corrected chi connectivity index (χ4v) is 2.40. The van der Waals surface area contributed by atoms with E-state index in [9.17, 15) is 0 Å². The molecule has 0 heterocycles. The summed E-state index contributed by atoms with van der Waals surface area (Å²) in [5, 5.41) is 0. The Balaban J connectivity index is 2.80. The van der Waals surface area contributed by atoms with E-state index < -0.39 is 0 Å². The summed E-state index contributed by atoms with van der Waals surface area (Å²) in [4.78, 5) is 4.96. The first-order valence-corrected chi connectivity index (χ1v) is 7.24. The molecule has 0 bridgehead atoms. The molecule has 0 aromatic rings. The van der Waals surface area contributed by atoms with Crippen molar-refractivity contribution in [1.82, 2.24) is 0 Å². The molecule has 3 atom stereocenters. The third kappa shape index (κ3) is 3.44. The fourth-order valence-electron chi connectivity index (χ4n) is 2.40. The van der Waals surface area contributed by atoms with E-state index in [1.807, 2.05) is 6.08 Å². The predicted molar refractivity (Wildman–Crippen MR) is 82.2 cm³/mol. The second-order valence-corrected chi connectivity index (χ2v) is 5.02. The topological polar surface area (TPSA) is 12.4 Å². The molecule has 0 fully saturated rings. The molecule has 0 radical (unpaired) electrons. The lowest BCUT2D eigenvalue weighted by Gasteiger charge is -2.30. The van der Waals surface area contributed by atoms with Crippen molar-refractivity contribution in [3.05, 3.63) is 36.5 Å². The molecule has 1 aliphatic carbocycles. The second-order valence-electron chi connectivity index (χ2n) is 5.02. The lowest BCUT2D eigenvalue weighted by atomic mass is 9.81. The Bertz CT molecular complexity index is 360. The third-order valence-corrected chi connectivity index (χ3v) is 3.91. The molecule has 1 heteroatoms. The van der Waals surface area contributed by atoms with Crippen molar-refractivity contribution >= 4 is 5.71 Å². The normalized spacial score (nSPS) is 25.8. The van der Waals surface area contributed by atoms with E-state index in [4.69, 9.17) is 4.99 Å². The summed E-state index contributed by atoms with van der Waals surface area (Å²) in [6.07, 6.45) is 11.9. The summed E-state index contributed by atoms with van der Waals surface area (Å²) in [7, 11) is 0. The van der Waals surface area contributed by atoms with Gasteiger partial charge in [0.1, 0.15) is 0 Å². The molecule has 0 saturated carbocycles. The number of aliphatic imine (C=N–C) groups is 1. The molecular formula is C17H27N. The SMILES string of the molecule is C=C/C=C(\CC)C1C=CC1N=C(CC)[C@H](C)CC. The minimum atomic E-state index is 0.361. The zero-order valence-electron chi connectivity index (χ0n) is 12.3. The standard InChI is InChI=1S/C17H27N/c1-6-10-14(8-3)15-11-12-17(15)18-16(9-4)13(5)7-2/h6,10-13,15,17H,1,7-9H2,2-5H3/b14-10+,18-16?/t13-,15?,17?/m1/s1. The average molecular weight is 245 g/mol. The lowest BCUT2D eigenvalue weighted by molar-refractivity contribution is 0.577. The van der Waals surface area contributed by atoms with Crippen molar-refractivity contribution in [2.75, 3.05) is 0 Å². The van der Waals surface area contributed by atoms with Crippen molar-refractivity contribution in [2.24, 2.45) is 16.8 Å². The largest absolute Gasteiger partial charge is 0.285 e. The van der Waals surface area contributed by atoms with Gasteiger partial charge in [-0.25, -0.2) is 0 Å². The molecule has 18 heavy (non-hydrogen) atoms. The summed E-state index contributed by atoms with van der Waals surface area (Å²) in [6.45, 7) is 12.7. The number of hydrogen-bond acceptors (Lipinski definition) is 1. The minimum Gasteiger partial charge on any atom is -0.285 e. The Morgan fingerprint density at radius 1 is 1.28 bits per heavy atom. The Kier molecular flexibility index (Phi) is 6.11. The maximum Gasteiger partial charge on any atom is 0.0779 e. The van der Waals surface area contributed by atoms with Crippen LogP contribution in [0.3, 0.4) is 0 Å². The van der Waals surface area contributed by atoms with Gasteiger partial charge in [0.05, 0.1) is 6.04 Å². The van der Waals surface area contributed by atoms with E-state index >= 15 is 0 Å². The molecule has 0 aromatic heterocycles. The number of rotatable bonds is 7. The molecule has 0 saturated heterocycles. The third-order valence-electron chi connectivity index (χ3n) is 3.91. The highest BCUT2D eigenvalue weighted by Crippen LogP contribution is 2.31. The van der Waals surface area contributed by atoms with Crippen LogP contribution in [0.1, 0.15) is 47.0 Å². The van der Waals surface area contributed by atoms with Gasteiger partial charge in [0.15, 0.2) is 0 Å². The van der Waals surface area contributed by atoms with Gasteiger partial charge in [-0.2, -0.15) is 0 Å². The zero-order chi connectivity index (χ0) is 13.5. The van der Waals surface area contributed by atoms with Crippen LogP contribution in [0.5, 0.6) is 0 Å². The smallest absolute Gasteiger partial charge is 0.0779 e. The van der Waals surface area contributed by atoms with E-state index in [0.717, 1.165) is 12.8 Å². The van der Waals surface area contributed by atoms with Gasteiger partial charge in [0.25, 0.3) is 0 Å². The summed E-state index contributed by atoms with van der Waals surface area (Å²) >= 11 is 0. The predicted octanol–water partition coefficient (Wildman–Crippen LogP) is 4.96. The molecule has 100 valence electrons. The molecule has 2 unspecified atom stereocenters. The van der Waals surface area contributed by atoms with Crippen LogP contribution in [0.2, 0.25) is 0 Å². The highest BCUT2D eigenvalue weighted by Gasteiger charge is 2.26. The van der Waals surface area contributed by atoms with Gasteiger partial charge in [0.2, 0.25) is 0 Å². The summed E-state index contributed by atoms with van der Waals surface area (Å²) in [5.74, 6) is 1.11. The fraction of sp³-hybridized carbons (Fsp3) is 0.588.